The van der Waals surface area contributed by atoms with E-state index in [4.69, 9.17) is 0 Å². The molecule has 0 aliphatic carbocycles. The predicted molar refractivity (Wildman–Crippen MR) is 219 cm³/mol. The molecule has 3 aliphatic rings. The molecule has 232 valence electrons. The van der Waals surface area contributed by atoms with Crippen molar-refractivity contribution in [2.75, 3.05) is 9.71 Å². The predicted octanol–water partition coefficient (Wildman–Crippen LogP) is 11.6. The van der Waals surface area contributed by atoms with Gasteiger partial charge < -0.3 is 9.71 Å². The molecule has 0 fully saturated rings. The highest BCUT2D eigenvalue weighted by Crippen LogP contribution is 2.54. The number of benzene rings is 10. The first-order chi connectivity index (χ1) is 25.3. The fourth-order valence-corrected chi connectivity index (χ4v) is 10.2. The molecule has 10 aromatic carbocycles. The summed E-state index contributed by atoms with van der Waals surface area (Å²) < 4.78 is 0. The van der Waals surface area contributed by atoms with Crippen LogP contribution in [-0.4, -0.2) is 6.85 Å². The van der Waals surface area contributed by atoms with Crippen LogP contribution in [0.1, 0.15) is 0 Å². The lowest BCUT2D eigenvalue weighted by Crippen LogP contribution is -2.62. The second-order valence-electron chi connectivity index (χ2n) is 14.4. The number of fused-ring (bicyclic) bond motifs is 8. The van der Waals surface area contributed by atoms with Crippen LogP contribution in [-0.2, 0) is 0 Å². The van der Waals surface area contributed by atoms with Gasteiger partial charge in [0.2, 0.25) is 0 Å². The Balaban J connectivity index is 1.25. The fourth-order valence-electron chi connectivity index (χ4n) is 10.2. The van der Waals surface area contributed by atoms with Gasteiger partial charge in [0.15, 0.2) is 0 Å². The molecule has 3 heterocycles. The van der Waals surface area contributed by atoms with Gasteiger partial charge in [0.25, 0.3) is 0 Å². The molecule has 3 heteroatoms. The Kier molecular flexibility index (Phi) is 4.72. The summed E-state index contributed by atoms with van der Waals surface area (Å²) in [6, 6.07) is 61.4. The highest BCUT2D eigenvalue weighted by atomic mass is 15.2. The van der Waals surface area contributed by atoms with Crippen LogP contribution in [0, 0.1) is 0 Å². The number of hydrogen-bond acceptors (Lipinski definition) is 2. The Labute approximate surface area is 294 Å². The summed E-state index contributed by atoms with van der Waals surface area (Å²) in [7, 11) is 0. The summed E-state index contributed by atoms with van der Waals surface area (Å²) in [6.07, 6.45) is 0. The lowest BCUT2D eigenvalue weighted by molar-refractivity contribution is 1.29. The van der Waals surface area contributed by atoms with Crippen molar-refractivity contribution >= 4 is 111 Å². The summed E-state index contributed by atoms with van der Waals surface area (Å²) in [6.45, 7) is 0.0424. The van der Waals surface area contributed by atoms with Gasteiger partial charge in [-0.1, -0.05) is 127 Å². The molecule has 0 bridgehead atoms. The summed E-state index contributed by atoms with van der Waals surface area (Å²) >= 11 is 0. The Morgan fingerprint density at radius 3 is 1.24 bits per heavy atom. The van der Waals surface area contributed by atoms with Crippen LogP contribution in [0.4, 0.5) is 28.4 Å². The lowest BCUT2D eigenvalue weighted by atomic mass is 9.42. The zero-order chi connectivity index (χ0) is 32.9. The monoisotopic (exact) mass is 642 g/mol. The molecule has 0 unspecified atom stereocenters. The first kappa shape index (κ1) is 26.3. The summed E-state index contributed by atoms with van der Waals surface area (Å²) in [5.74, 6) is 0. The van der Waals surface area contributed by atoms with Crippen LogP contribution in [0.3, 0.4) is 0 Å². The molecular formula is C48H27BN2. The lowest BCUT2D eigenvalue weighted by Gasteiger charge is -2.47. The highest BCUT2D eigenvalue weighted by molar-refractivity contribution is 6.97. The smallest absolute Gasteiger partial charge is 0.333 e. The molecule has 0 aromatic heterocycles. The van der Waals surface area contributed by atoms with Crippen LogP contribution >= 0.6 is 0 Å². The van der Waals surface area contributed by atoms with Crippen molar-refractivity contribution in [3.05, 3.63) is 164 Å². The van der Waals surface area contributed by atoms with Gasteiger partial charge in [0.05, 0.1) is 0 Å². The van der Waals surface area contributed by atoms with E-state index in [2.05, 4.69) is 174 Å². The summed E-state index contributed by atoms with van der Waals surface area (Å²) in [5.41, 5.74) is 11.6. The van der Waals surface area contributed by atoms with Crippen LogP contribution in [0.2, 0.25) is 0 Å². The van der Waals surface area contributed by atoms with E-state index in [0.717, 1.165) is 0 Å². The molecule has 3 aliphatic heterocycles. The number of anilines is 5. The van der Waals surface area contributed by atoms with Crippen LogP contribution < -0.4 is 20.6 Å². The molecule has 10 aromatic rings. The van der Waals surface area contributed by atoms with E-state index in [-0.39, 0.29) is 6.85 Å². The quantitative estimate of drug-likeness (QED) is 0.137. The zero-order valence-corrected chi connectivity index (χ0v) is 27.6. The van der Waals surface area contributed by atoms with Crippen LogP contribution in [0.25, 0.3) is 75.8 Å². The molecular weight excluding hydrogens is 615 g/mol. The second-order valence-corrected chi connectivity index (χ2v) is 14.4. The minimum atomic E-state index is 0.0424. The van der Waals surface area contributed by atoms with E-state index < -0.39 is 0 Å². The van der Waals surface area contributed by atoms with E-state index in [9.17, 15) is 0 Å². The van der Waals surface area contributed by atoms with Crippen molar-refractivity contribution in [2.24, 2.45) is 0 Å². The topological polar surface area (TPSA) is 6.48 Å². The van der Waals surface area contributed by atoms with Crippen molar-refractivity contribution in [1.29, 1.82) is 0 Å². The van der Waals surface area contributed by atoms with Gasteiger partial charge in [-0.15, -0.1) is 0 Å². The summed E-state index contributed by atoms with van der Waals surface area (Å²) in [4.78, 5) is 5.25. The minimum Gasteiger partial charge on any atom is -0.376 e. The Morgan fingerprint density at radius 2 is 0.725 bits per heavy atom. The first-order valence-corrected chi connectivity index (χ1v) is 17.9. The zero-order valence-electron chi connectivity index (χ0n) is 27.6. The van der Waals surface area contributed by atoms with Crippen molar-refractivity contribution in [3.63, 3.8) is 0 Å². The maximum Gasteiger partial charge on any atom is 0.333 e. The maximum absolute atomic E-state index is 2.70. The third kappa shape index (κ3) is 3.08. The second kappa shape index (κ2) is 9.15. The first-order valence-electron chi connectivity index (χ1n) is 17.9. The number of nitrogens with zero attached hydrogens (tertiary/aromatic N) is 2. The molecule has 0 amide bonds. The highest BCUT2D eigenvalue weighted by Gasteiger charge is 2.48. The normalized spacial score (nSPS) is 13.8. The molecule has 0 saturated heterocycles. The molecule has 2 nitrogen and oxygen atoms in total. The molecule has 0 radical (unpaired) electrons. The van der Waals surface area contributed by atoms with Crippen molar-refractivity contribution in [3.8, 4) is 11.1 Å². The average molecular weight is 643 g/mol. The minimum absolute atomic E-state index is 0.0424. The van der Waals surface area contributed by atoms with E-state index in [1.807, 2.05) is 0 Å². The van der Waals surface area contributed by atoms with Gasteiger partial charge in [-0.25, -0.2) is 0 Å². The van der Waals surface area contributed by atoms with Gasteiger partial charge in [0.1, 0.15) is 0 Å². The molecule has 0 atom stereocenters. The van der Waals surface area contributed by atoms with E-state index in [1.54, 1.807) is 0 Å². The van der Waals surface area contributed by atoms with Crippen LogP contribution in [0.15, 0.2) is 164 Å². The van der Waals surface area contributed by atoms with Gasteiger partial charge in [-0.05, 0) is 112 Å². The Bertz CT molecular complexity index is 3030. The molecule has 51 heavy (non-hydrogen) atoms. The standard InChI is InChI=1S/C48H27BN2/c1-2-10-28(11-3-1)29-20-22-30(23-21-29)50-41-26-24-37-33-14-6-4-12-31(33)35-16-8-18-39-43(35)45(37)47(41)49-48-42(50)27-25-38-34-15-7-5-13-32(34)36-17-9-19-40(51(39)49)44(36)46(38)48/h1-27H. The van der Waals surface area contributed by atoms with Crippen molar-refractivity contribution < 1.29 is 0 Å². The van der Waals surface area contributed by atoms with Gasteiger partial charge in [0, 0.05) is 39.2 Å². The Hall–Kier alpha value is -6.58. The SMILES string of the molecule is c1ccc(-c2ccc(N3c4ccc5c6ccccc6c6cccc7c6c5c4B4c5c3ccc3c6ccccc6c6cccc(c6c53)N47)cc2)cc1. The number of rotatable bonds is 2. The largest absolute Gasteiger partial charge is 0.376 e. The van der Waals surface area contributed by atoms with E-state index >= 15 is 0 Å². The fraction of sp³-hybridized carbons (Fsp3) is 0. The molecule has 13 rings (SSSR count). The van der Waals surface area contributed by atoms with Crippen LogP contribution in [0.5, 0.6) is 0 Å². The molecule has 0 spiro atoms. The van der Waals surface area contributed by atoms with Gasteiger partial charge >= 0.3 is 6.85 Å². The average Bonchev–Trinajstić information content (AvgIpc) is 3.21. The van der Waals surface area contributed by atoms with Crippen molar-refractivity contribution in [2.45, 2.75) is 0 Å². The van der Waals surface area contributed by atoms with Gasteiger partial charge in [-0.2, -0.15) is 0 Å². The summed E-state index contributed by atoms with van der Waals surface area (Å²) in [5, 5.41) is 16.1. The third-order valence-corrected chi connectivity index (χ3v) is 12.1. The molecule has 0 saturated carbocycles. The third-order valence-electron chi connectivity index (χ3n) is 12.1. The maximum atomic E-state index is 2.70. The Morgan fingerprint density at radius 1 is 0.294 bits per heavy atom. The van der Waals surface area contributed by atoms with E-state index in [1.165, 1.54) is 115 Å². The van der Waals surface area contributed by atoms with Gasteiger partial charge in [-0.3, -0.25) is 0 Å². The number of hydrogen-bond donors (Lipinski definition) is 0. The van der Waals surface area contributed by atoms with Crippen molar-refractivity contribution in [1.82, 2.24) is 0 Å². The van der Waals surface area contributed by atoms with E-state index in [0.29, 0.717) is 0 Å². The molecule has 0 N–H and O–H groups in total.